The average Bonchev–Trinajstić information content (AvgIpc) is 2.57. The Kier molecular flexibility index (Phi) is 3.04. The van der Waals surface area contributed by atoms with E-state index in [-0.39, 0.29) is 12.2 Å². The minimum absolute atomic E-state index is 0.0760. The van der Waals surface area contributed by atoms with Crippen LogP contribution in [0.3, 0.4) is 0 Å². The second-order valence-electron chi connectivity index (χ2n) is 4.78. The van der Waals surface area contributed by atoms with Crippen molar-refractivity contribution in [3.63, 3.8) is 0 Å². The maximum atomic E-state index is 11.1. The maximum Gasteiger partial charge on any atom is 0.332 e. The van der Waals surface area contributed by atoms with E-state index in [4.69, 9.17) is 9.47 Å². The number of hydrogen-bond donors (Lipinski definition) is 1. The second kappa shape index (κ2) is 4.18. The fraction of sp³-hybridized carbons (Fsp3) is 0.750. The molecule has 90 valence electrons. The number of aliphatic hydroxyl groups is 1. The lowest BCUT2D eigenvalue weighted by Gasteiger charge is -2.32. The molecule has 1 aliphatic carbocycles. The molecule has 0 amide bonds. The molecule has 1 saturated heterocycles. The summed E-state index contributed by atoms with van der Waals surface area (Å²) in [5.74, 6) is -2.05. The van der Waals surface area contributed by atoms with E-state index in [2.05, 4.69) is 6.58 Å². The Bertz CT molecular complexity index is 293. The van der Waals surface area contributed by atoms with Crippen molar-refractivity contribution in [3.05, 3.63) is 12.7 Å². The van der Waals surface area contributed by atoms with Gasteiger partial charge in [-0.25, -0.2) is 4.79 Å². The molecule has 0 aromatic heterocycles. The van der Waals surface area contributed by atoms with Gasteiger partial charge in [0, 0.05) is 12.5 Å². The molecule has 4 heteroatoms. The van der Waals surface area contributed by atoms with E-state index >= 15 is 0 Å². The predicted octanol–water partition coefficient (Wildman–Crippen LogP) is 1.53. The van der Waals surface area contributed by atoms with Crippen LogP contribution < -0.4 is 0 Å². The summed E-state index contributed by atoms with van der Waals surface area (Å²) in [4.78, 5) is 11.1. The molecular weight excluding hydrogens is 208 g/mol. The quantitative estimate of drug-likeness (QED) is 0.440. The van der Waals surface area contributed by atoms with Crippen molar-refractivity contribution in [2.75, 3.05) is 6.61 Å². The van der Waals surface area contributed by atoms with Crippen LogP contribution in [0.25, 0.3) is 0 Å². The van der Waals surface area contributed by atoms with Gasteiger partial charge in [-0.1, -0.05) is 25.8 Å². The van der Waals surface area contributed by atoms with Crippen LogP contribution >= 0.6 is 0 Å². The first-order chi connectivity index (χ1) is 7.58. The average molecular weight is 226 g/mol. The Morgan fingerprint density at radius 3 is 2.69 bits per heavy atom. The number of carbonyl (C=O) groups excluding carboxylic acids is 1. The van der Waals surface area contributed by atoms with E-state index in [1.165, 1.54) is 6.42 Å². The standard InChI is InChI=1S/C12H18O4/c1-2-10(13)16-12(14)8-11(15-9-12)6-4-3-5-7-11/h2,14H,1,3-9H2. The van der Waals surface area contributed by atoms with Crippen LogP contribution in [0, 0.1) is 0 Å². The molecule has 0 aromatic rings. The second-order valence-corrected chi connectivity index (χ2v) is 4.78. The first-order valence-electron chi connectivity index (χ1n) is 5.79. The smallest absolute Gasteiger partial charge is 0.332 e. The molecule has 0 radical (unpaired) electrons. The molecule has 2 aliphatic rings. The number of rotatable bonds is 2. The molecule has 1 unspecified atom stereocenters. The van der Waals surface area contributed by atoms with Gasteiger partial charge in [-0.3, -0.25) is 0 Å². The van der Waals surface area contributed by atoms with Gasteiger partial charge in [-0.15, -0.1) is 0 Å². The lowest BCUT2D eigenvalue weighted by atomic mass is 9.82. The van der Waals surface area contributed by atoms with Crippen LogP contribution in [-0.4, -0.2) is 29.1 Å². The number of hydrogen-bond acceptors (Lipinski definition) is 4. The van der Waals surface area contributed by atoms with Crippen molar-refractivity contribution in [1.82, 2.24) is 0 Å². The van der Waals surface area contributed by atoms with E-state index in [0.717, 1.165) is 31.8 Å². The minimum atomic E-state index is -1.46. The van der Waals surface area contributed by atoms with E-state index in [1.54, 1.807) is 0 Å². The van der Waals surface area contributed by atoms with Gasteiger partial charge in [0.15, 0.2) is 0 Å². The number of carbonyl (C=O) groups is 1. The predicted molar refractivity (Wildman–Crippen MR) is 57.6 cm³/mol. The summed E-state index contributed by atoms with van der Waals surface area (Å²) >= 11 is 0. The third kappa shape index (κ3) is 2.28. The van der Waals surface area contributed by atoms with Crippen LogP contribution in [0.15, 0.2) is 12.7 Å². The third-order valence-electron chi connectivity index (χ3n) is 3.42. The Morgan fingerprint density at radius 2 is 2.06 bits per heavy atom. The molecule has 1 atom stereocenters. The number of ether oxygens (including phenoxy) is 2. The minimum Gasteiger partial charge on any atom is -0.427 e. The highest BCUT2D eigenvalue weighted by Gasteiger charge is 2.51. The van der Waals surface area contributed by atoms with Crippen LogP contribution in [0.5, 0.6) is 0 Å². The van der Waals surface area contributed by atoms with Crippen LogP contribution in [0.2, 0.25) is 0 Å². The number of esters is 1. The zero-order valence-electron chi connectivity index (χ0n) is 9.41. The van der Waals surface area contributed by atoms with Crippen LogP contribution in [-0.2, 0) is 14.3 Å². The molecule has 16 heavy (non-hydrogen) atoms. The van der Waals surface area contributed by atoms with E-state index in [0.29, 0.717) is 6.42 Å². The highest BCUT2D eigenvalue weighted by Crippen LogP contribution is 2.43. The van der Waals surface area contributed by atoms with Crippen molar-refractivity contribution in [1.29, 1.82) is 0 Å². The SMILES string of the molecule is C=CC(=O)OC1(O)COC2(CCCCC2)C1. The molecule has 1 spiro atoms. The molecule has 1 N–H and O–H groups in total. The fourth-order valence-corrected chi connectivity index (χ4v) is 2.68. The normalized spacial score (nSPS) is 32.6. The van der Waals surface area contributed by atoms with Gasteiger partial charge < -0.3 is 14.6 Å². The molecule has 1 aliphatic heterocycles. The van der Waals surface area contributed by atoms with Crippen molar-refractivity contribution in [2.24, 2.45) is 0 Å². The Morgan fingerprint density at radius 1 is 1.38 bits per heavy atom. The van der Waals surface area contributed by atoms with Gasteiger partial charge in [-0.2, -0.15) is 0 Å². The van der Waals surface area contributed by atoms with Crippen molar-refractivity contribution in [2.45, 2.75) is 49.9 Å². The summed E-state index contributed by atoms with van der Waals surface area (Å²) in [7, 11) is 0. The first kappa shape index (κ1) is 11.6. The molecule has 0 bridgehead atoms. The summed E-state index contributed by atoms with van der Waals surface area (Å²) in [5, 5.41) is 10.1. The highest BCUT2D eigenvalue weighted by atomic mass is 16.7. The van der Waals surface area contributed by atoms with Crippen molar-refractivity contribution in [3.8, 4) is 0 Å². The van der Waals surface area contributed by atoms with Gasteiger partial charge in [-0.05, 0) is 12.8 Å². The first-order valence-corrected chi connectivity index (χ1v) is 5.79. The van der Waals surface area contributed by atoms with Crippen molar-refractivity contribution >= 4 is 5.97 Å². The third-order valence-corrected chi connectivity index (χ3v) is 3.42. The lowest BCUT2D eigenvalue weighted by Crippen LogP contribution is -2.38. The summed E-state index contributed by atoms with van der Waals surface area (Å²) in [6.45, 7) is 3.39. The van der Waals surface area contributed by atoms with E-state index in [9.17, 15) is 9.90 Å². The Hall–Kier alpha value is -0.870. The van der Waals surface area contributed by atoms with E-state index in [1.807, 2.05) is 0 Å². The Balaban J connectivity index is 1.99. The molecule has 1 saturated carbocycles. The Labute approximate surface area is 95.2 Å². The van der Waals surface area contributed by atoms with Crippen LogP contribution in [0.1, 0.15) is 38.5 Å². The summed E-state index contributed by atoms with van der Waals surface area (Å²) in [6.07, 6.45) is 6.79. The molecule has 2 rings (SSSR count). The summed E-state index contributed by atoms with van der Waals surface area (Å²) < 4.78 is 10.6. The summed E-state index contributed by atoms with van der Waals surface area (Å²) in [6, 6.07) is 0. The van der Waals surface area contributed by atoms with Crippen molar-refractivity contribution < 1.29 is 19.4 Å². The monoisotopic (exact) mass is 226 g/mol. The highest BCUT2D eigenvalue weighted by molar-refractivity contribution is 5.81. The van der Waals surface area contributed by atoms with Gasteiger partial charge in [0.05, 0.1) is 5.60 Å². The molecule has 1 heterocycles. The van der Waals surface area contributed by atoms with Gasteiger partial charge in [0.25, 0.3) is 0 Å². The maximum absolute atomic E-state index is 11.1. The van der Waals surface area contributed by atoms with E-state index < -0.39 is 11.8 Å². The zero-order chi connectivity index (χ0) is 11.6. The zero-order valence-corrected chi connectivity index (χ0v) is 9.41. The topological polar surface area (TPSA) is 55.8 Å². The lowest BCUT2D eigenvalue weighted by molar-refractivity contribution is -0.202. The molecule has 2 fully saturated rings. The molecule has 0 aromatic carbocycles. The fourth-order valence-electron chi connectivity index (χ4n) is 2.68. The molecule has 4 nitrogen and oxygen atoms in total. The summed E-state index contributed by atoms with van der Waals surface area (Å²) in [5.41, 5.74) is -0.269. The van der Waals surface area contributed by atoms with Gasteiger partial charge in [0.2, 0.25) is 5.79 Å². The van der Waals surface area contributed by atoms with Gasteiger partial charge in [0.1, 0.15) is 6.61 Å². The van der Waals surface area contributed by atoms with Crippen LogP contribution in [0.4, 0.5) is 0 Å². The molecular formula is C12H18O4. The largest absolute Gasteiger partial charge is 0.427 e. The van der Waals surface area contributed by atoms with Gasteiger partial charge >= 0.3 is 5.97 Å².